The van der Waals surface area contributed by atoms with Crippen LogP contribution < -0.4 is 0 Å². The van der Waals surface area contributed by atoms with E-state index in [4.69, 9.17) is 9.26 Å². The van der Waals surface area contributed by atoms with Gasteiger partial charge in [0.25, 0.3) is 0 Å². The van der Waals surface area contributed by atoms with Gasteiger partial charge in [-0.1, -0.05) is 35.5 Å². The van der Waals surface area contributed by atoms with Crippen molar-refractivity contribution in [2.75, 3.05) is 19.7 Å². The van der Waals surface area contributed by atoms with E-state index in [1.807, 2.05) is 47.4 Å². The third-order valence-electron chi connectivity index (χ3n) is 6.67. The highest BCUT2D eigenvalue weighted by molar-refractivity contribution is 5.78. The van der Waals surface area contributed by atoms with E-state index in [1.165, 1.54) is 0 Å². The minimum Gasteiger partial charge on any atom is -0.375 e. The summed E-state index contributed by atoms with van der Waals surface area (Å²) in [5, 5.41) is 4.12. The molecule has 2 saturated heterocycles. The second kappa shape index (κ2) is 9.20. The second-order valence-corrected chi connectivity index (χ2v) is 8.89. The van der Waals surface area contributed by atoms with E-state index >= 15 is 0 Å². The molecule has 32 heavy (non-hydrogen) atoms. The predicted octanol–water partition coefficient (Wildman–Crippen LogP) is 3.70. The van der Waals surface area contributed by atoms with E-state index in [1.54, 1.807) is 12.4 Å². The Labute approximate surface area is 187 Å². The Morgan fingerprint density at radius 1 is 1.12 bits per heavy atom. The van der Waals surface area contributed by atoms with Gasteiger partial charge >= 0.3 is 0 Å². The standard InChI is InChI=1S/C25H28N4O3/c30-23(16-19-5-2-1-3-6-19)29-12-9-25(10-13-29)17-20(8-14-31-25)15-22-27-24(28-32-22)21-7-4-11-26-18-21/h1-7,11,18,20H,8-10,12-17H2. The number of nitrogens with zero attached hydrogens (tertiary/aromatic N) is 4. The highest BCUT2D eigenvalue weighted by atomic mass is 16.5. The molecule has 166 valence electrons. The molecule has 0 bridgehead atoms. The second-order valence-electron chi connectivity index (χ2n) is 8.89. The molecule has 3 aromatic rings. The first-order valence-electron chi connectivity index (χ1n) is 11.4. The quantitative estimate of drug-likeness (QED) is 0.611. The SMILES string of the molecule is O=C(Cc1ccccc1)N1CCC2(CC1)CC(Cc1nc(-c3cccnc3)no1)CCO2. The molecule has 7 heteroatoms. The van der Waals surface area contributed by atoms with E-state index in [0.717, 1.165) is 62.9 Å². The predicted molar refractivity (Wildman–Crippen MR) is 119 cm³/mol. The average Bonchev–Trinajstić information content (AvgIpc) is 3.29. The number of rotatable bonds is 5. The van der Waals surface area contributed by atoms with E-state index in [0.29, 0.717) is 24.1 Å². The van der Waals surface area contributed by atoms with Gasteiger partial charge in [-0.3, -0.25) is 9.78 Å². The van der Waals surface area contributed by atoms with Crippen molar-refractivity contribution in [1.29, 1.82) is 0 Å². The normalized spacial score (nSPS) is 20.4. The summed E-state index contributed by atoms with van der Waals surface area (Å²) < 4.78 is 11.8. The van der Waals surface area contributed by atoms with E-state index in [2.05, 4.69) is 15.1 Å². The molecule has 2 fully saturated rings. The molecule has 1 aromatic carbocycles. The number of aromatic nitrogens is 3. The highest BCUT2D eigenvalue weighted by Crippen LogP contribution is 2.39. The zero-order valence-electron chi connectivity index (χ0n) is 18.2. The Morgan fingerprint density at radius 3 is 2.75 bits per heavy atom. The van der Waals surface area contributed by atoms with Gasteiger partial charge in [0.2, 0.25) is 17.6 Å². The monoisotopic (exact) mass is 432 g/mol. The molecule has 1 spiro atoms. The number of carbonyl (C=O) groups excluding carboxylic acids is 1. The van der Waals surface area contributed by atoms with Crippen LogP contribution >= 0.6 is 0 Å². The van der Waals surface area contributed by atoms with Gasteiger partial charge in [-0.15, -0.1) is 0 Å². The number of pyridine rings is 1. The van der Waals surface area contributed by atoms with Crippen LogP contribution in [0.1, 0.15) is 37.1 Å². The molecule has 4 heterocycles. The molecule has 2 aliphatic heterocycles. The molecular formula is C25H28N4O3. The Bertz CT molecular complexity index is 1030. The summed E-state index contributed by atoms with van der Waals surface area (Å²) in [5.41, 5.74) is 1.79. The van der Waals surface area contributed by atoms with Crippen molar-refractivity contribution < 1.29 is 14.1 Å². The lowest BCUT2D eigenvalue weighted by Gasteiger charge is -2.46. The molecule has 2 aliphatic rings. The number of amides is 1. The van der Waals surface area contributed by atoms with Crippen LogP contribution in [-0.4, -0.2) is 51.2 Å². The molecule has 7 nitrogen and oxygen atoms in total. The summed E-state index contributed by atoms with van der Waals surface area (Å²) in [6, 6.07) is 13.7. The van der Waals surface area contributed by atoms with Crippen molar-refractivity contribution in [3.05, 3.63) is 66.3 Å². The van der Waals surface area contributed by atoms with Crippen LogP contribution in [0.3, 0.4) is 0 Å². The number of hydrogen-bond acceptors (Lipinski definition) is 6. The lowest BCUT2D eigenvalue weighted by atomic mass is 9.78. The largest absolute Gasteiger partial charge is 0.375 e. The van der Waals surface area contributed by atoms with E-state index in [-0.39, 0.29) is 11.5 Å². The number of ether oxygens (including phenoxy) is 1. The molecule has 0 N–H and O–H groups in total. The number of benzene rings is 1. The van der Waals surface area contributed by atoms with Crippen LogP contribution in [-0.2, 0) is 22.4 Å². The minimum atomic E-state index is -0.140. The number of likely N-dealkylation sites (tertiary alicyclic amines) is 1. The number of hydrogen-bond donors (Lipinski definition) is 0. The van der Waals surface area contributed by atoms with Crippen molar-refractivity contribution >= 4 is 5.91 Å². The molecule has 5 rings (SSSR count). The third kappa shape index (κ3) is 4.72. The number of carbonyl (C=O) groups is 1. The van der Waals surface area contributed by atoms with Crippen molar-refractivity contribution in [3.8, 4) is 11.4 Å². The van der Waals surface area contributed by atoms with Gasteiger partial charge in [-0.2, -0.15) is 4.98 Å². The first kappa shape index (κ1) is 20.8. The van der Waals surface area contributed by atoms with Gasteiger partial charge < -0.3 is 14.2 Å². The Kier molecular flexibility index (Phi) is 5.99. The first-order valence-corrected chi connectivity index (χ1v) is 11.4. The summed E-state index contributed by atoms with van der Waals surface area (Å²) in [4.78, 5) is 23.4. The summed E-state index contributed by atoms with van der Waals surface area (Å²) in [5.74, 6) is 1.89. The molecule has 0 radical (unpaired) electrons. The fourth-order valence-corrected chi connectivity index (χ4v) is 4.89. The highest BCUT2D eigenvalue weighted by Gasteiger charge is 2.41. The zero-order chi connectivity index (χ0) is 21.8. The lowest BCUT2D eigenvalue weighted by molar-refractivity contribution is -0.146. The van der Waals surface area contributed by atoms with Crippen LogP contribution in [0.5, 0.6) is 0 Å². The topological polar surface area (TPSA) is 81.4 Å². The fraction of sp³-hybridized carbons (Fsp3) is 0.440. The lowest BCUT2D eigenvalue weighted by Crippen LogP contribution is -2.51. The van der Waals surface area contributed by atoms with Crippen LogP contribution in [0, 0.1) is 5.92 Å². The minimum absolute atomic E-state index is 0.140. The van der Waals surface area contributed by atoms with Gasteiger partial charge in [-0.25, -0.2) is 0 Å². The third-order valence-corrected chi connectivity index (χ3v) is 6.67. The van der Waals surface area contributed by atoms with Crippen LogP contribution in [0.2, 0.25) is 0 Å². The molecule has 0 saturated carbocycles. The molecule has 1 unspecified atom stereocenters. The summed E-state index contributed by atoms with van der Waals surface area (Å²) in [7, 11) is 0. The Balaban J connectivity index is 1.16. The fourth-order valence-electron chi connectivity index (χ4n) is 4.89. The summed E-state index contributed by atoms with van der Waals surface area (Å²) >= 11 is 0. The summed E-state index contributed by atoms with van der Waals surface area (Å²) in [6.07, 6.45) is 8.42. The molecule has 1 atom stereocenters. The molecular weight excluding hydrogens is 404 g/mol. The van der Waals surface area contributed by atoms with E-state index in [9.17, 15) is 4.79 Å². The van der Waals surface area contributed by atoms with Gasteiger partial charge in [0.05, 0.1) is 12.0 Å². The van der Waals surface area contributed by atoms with Gasteiger partial charge in [-0.05, 0) is 49.3 Å². The van der Waals surface area contributed by atoms with Crippen molar-refractivity contribution in [3.63, 3.8) is 0 Å². The average molecular weight is 433 g/mol. The van der Waals surface area contributed by atoms with Crippen molar-refractivity contribution in [2.45, 2.75) is 44.1 Å². The maximum atomic E-state index is 12.7. The van der Waals surface area contributed by atoms with Crippen molar-refractivity contribution in [2.24, 2.45) is 5.92 Å². The van der Waals surface area contributed by atoms with Crippen molar-refractivity contribution in [1.82, 2.24) is 20.0 Å². The van der Waals surface area contributed by atoms with E-state index < -0.39 is 0 Å². The van der Waals surface area contributed by atoms with Gasteiger partial charge in [0, 0.05) is 44.1 Å². The molecule has 0 aliphatic carbocycles. The smallest absolute Gasteiger partial charge is 0.227 e. The maximum Gasteiger partial charge on any atom is 0.227 e. The Morgan fingerprint density at radius 2 is 1.97 bits per heavy atom. The Hall–Kier alpha value is -3.06. The summed E-state index contributed by atoms with van der Waals surface area (Å²) in [6.45, 7) is 2.25. The number of piperidine rings is 1. The van der Waals surface area contributed by atoms with Gasteiger partial charge in [0.1, 0.15) is 0 Å². The van der Waals surface area contributed by atoms with Crippen LogP contribution in [0.25, 0.3) is 11.4 Å². The maximum absolute atomic E-state index is 12.7. The van der Waals surface area contributed by atoms with Crippen LogP contribution in [0.4, 0.5) is 0 Å². The molecule has 1 amide bonds. The molecule has 2 aromatic heterocycles. The van der Waals surface area contributed by atoms with Gasteiger partial charge in [0.15, 0.2) is 0 Å². The van der Waals surface area contributed by atoms with Crippen LogP contribution in [0.15, 0.2) is 59.4 Å². The zero-order valence-corrected chi connectivity index (χ0v) is 18.2. The first-order chi connectivity index (χ1) is 15.7.